The normalized spacial score (nSPS) is 11.9. The highest BCUT2D eigenvalue weighted by atomic mass is 16.5. The minimum atomic E-state index is 0.282. The van der Waals surface area contributed by atoms with Crippen LogP contribution >= 0.6 is 0 Å². The summed E-state index contributed by atoms with van der Waals surface area (Å²) in [5.41, 5.74) is 1.26. The average molecular weight is 138 g/mol. The predicted molar refractivity (Wildman–Crippen MR) is 38.5 cm³/mol. The lowest BCUT2D eigenvalue weighted by Gasteiger charge is -2.14. The second-order valence-corrected chi connectivity index (χ2v) is 3.67. The molecule has 1 aromatic rings. The van der Waals surface area contributed by atoms with Crippen LogP contribution in [0.1, 0.15) is 26.5 Å². The Labute approximate surface area is 61.2 Å². The molecule has 0 saturated heterocycles. The fraction of sp³-hybridized carbons (Fsp3) is 0.625. The molecule has 1 aromatic heterocycles. The van der Waals surface area contributed by atoms with Crippen molar-refractivity contribution in [2.45, 2.75) is 27.2 Å². The first-order valence-corrected chi connectivity index (χ1v) is 3.39. The SMILES string of the molecule is CC(C)(C)Cc1c[c]on1. The Morgan fingerprint density at radius 1 is 1.60 bits per heavy atom. The third-order valence-corrected chi connectivity index (χ3v) is 1.15. The molecule has 0 unspecified atom stereocenters. The molecule has 1 heterocycles. The fourth-order valence-electron chi connectivity index (χ4n) is 0.832. The molecule has 0 saturated carbocycles. The third kappa shape index (κ3) is 2.21. The Morgan fingerprint density at radius 2 is 2.30 bits per heavy atom. The van der Waals surface area contributed by atoms with Crippen molar-refractivity contribution in [3.8, 4) is 0 Å². The molecule has 0 N–H and O–H groups in total. The van der Waals surface area contributed by atoms with Gasteiger partial charge in [-0.05, 0) is 11.8 Å². The highest BCUT2D eigenvalue weighted by Crippen LogP contribution is 2.18. The van der Waals surface area contributed by atoms with E-state index in [1.807, 2.05) is 0 Å². The van der Waals surface area contributed by atoms with Gasteiger partial charge in [0.15, 0.2) is 0 Å². The fourth-order valence-corrected chi connectivity index (χ4v) is 0.832. The quantitative estimate of drug-likeness (QED) is 0.593. The molecule has 10 heavy (non-hydrogen) atoms. The molecular formula is C8H12NO. The second kappa shape index (κ2) is 2.45. The van der Waals surface area contributed by atoms with Gasteiger partial charge in [0, 0.05) is 6.07 Å². The zero-order chi connectivity index (χ0) is 7.61. The van der Waals surface area contributed by atoms with Crippen molar-refractivity contribution < 1.29 is 4.52 Å². The summed E-state index contributed by atoms with van der Waals surface area (Å²) in [5, 5.41) is 3.77. The van der Waals surface area contributed by atoms with Gasteiger partial charge < -0.3 is 4.52 Å². The Hall–Kier alpha value is -0.790. The van der Waals surface area contributed by atoms with E-state index in [1.54, 1.807) is 6.07 Å². The van der Waals surface area contributed by atoms with Crippen LogP contribution < -0.4 is 0 Å². The molecule has 0 bridgehead atoms. The second-order valence-electron chi connectivity index (χ2n) is 3.67. The summed E-state index contributed by atoms with van der Waals surface area (Å²) in [7, 11) is 0. The first-order valence-electron chi connectivity index (χ1n) is 3.39. The number of rotatable bonds is 1. The largest absolute Gasteiger partial charge is 0.353 e. The first kappa shape index (κ1) is 7.32. The van der Waals surface area contributed by atoms with E-state index in [0.717, 1.165) is 12.1 Å². The molecule has 1 rings (SSSR count). The molecule has 0 aliphatic rings. The molecule has 2 nitrogen and oxygen atoms in total. The summed E-state index contributed by atoms with van der Waals surface area (Å²) in [5.74, 6) is 0. The van der Waals surface area contributed by atoms with Crippen LogP contribution in [0.15, 0.2) is 10.6 Å². The maximum atomic E-state index is 4.59. The summed E-state index contributed by atoms with van der Waals surface area (Å²) in [6.07, 6.45) is 3.51. The van der Waals surface area contributed by atoms with Crippen LogP contribution in [0, 0.1) is 11.7 Å². The van der Waals surface area contributed by atoms with Crippen LogP contribution in [0.4, 0.5) is 0 Å². The van der Waals surface area contributed by atoms with Gasteiger partial charge in [0.1, 0.15) is 0 Å². The van der Waals surface area contributed by atoms with Crippen LogP contribution in [0.2, 0.25) is 0 Å². The molecule has 0 atom stereocenters. The zero-order valence-corrected chi connectivity index (χ0v) is 6.64. The molecule has 0 aromatic carbocycles. The highest BCUT2D eigenvalue weighted by Gasteiger charge is 2.12. The van der Waals surface area contributed by atoms with Gasteiger partial charge in [-0.2, -0.15) is 0 Å². The molecule has 0 aliphatic carbocycles. The molecule has 0 amide bonds. The molecular weight excluding hydrogens is 126 g/mol. The molecule has 0 fully saturated rings. The van der Waals surface area contributed by atoms with Crippen LogP contribution in [-0.2, 0) is 6.42 Å². The molecule has 0 aliphatic heterocycles. The van der Waals surface area contributed by atoms with Crippen molar-refractivity contribution in [1.82, 2.24) is 5.16 Å². The number of hydrogen-bond acceptors (Lipinski definition) is 2. The van der Waals surface area contributed by atoms with Crippen LogP contribution in [0.25, 0.3) is 0 Å². The predicted octanol–water partition coefficient (Wildman–Crippen LogP) is 2.06. The maximum absolute atomic E-state index is 4.59. The van der Waals surface area contributed by atoms with Crippen LogP contribution in [0.3, 0.4) is 0 Å². The zero-order valence-electron chi connectivity index (χ0n) is 6.64. The number of hydrogen-bond donors (Lipinski definition) is 0. The lowest BCUT2D eigenvalue weighted by atomic mass is 9.91. The van der Waals surface area contributed by atoms with Gasteiger partial charge in [-0.1, -0.05) is 25.9 Å². The molecule has 2 heteroatoms. The summed E-state index contributed by atoms with van der Waals surface area (Å²) in [4.78, 5) is 0. The smallest absolute Gasteiger partial charge is 0.205 e. The minimum Gasteiger partial charge on any atom is -0.353 e. The summed E-state index contributed by atoms with van der Waals surface area (Å²) >= 11 is 0. The van der Waals surface area contributed by atoms with E-state index in [4.69, 9.17) is 0 Å². The summed E-state index contributed by atoms with van der Waals surface area (Å²) in [6.45, 7) is 6.51. The molecule has 0 spiro atoms. The first-order chi connectivity index (χ1) is 4.58. The minimum absolute atomic E-state index is 0.282. The average Bonchev–Trinajstić information content (AvgIpc) is 2.12. The van der Waals surface area contributed by atoms with Gasteiger partial charge in [0.25, 0.3) is 0 Å². The Morgan fingerprint density at radius 3 is 2.70 bits per heavy atom. The van der Waals surface area contributed by atoms with Crippen molar-refractivity contribution in [2.24, 2.45) is 5.41 Å². The lowest BCUT2D eigenvalue weighted by molar-refractivity contribution is 0.368. The van der Waals surface area contributed by atoms with E-state index in [-0.39, 0.29) is 5.41 Å². The molecule has 55 valence electrons. The van der Waals surface area contributed by atoms with Gasteiger partial charge in [0.05, 0.1) is 5.69 Å². The van der Waals surface area contributed by atoms with Crippen molar-refractivity contribution >= 4 is 0 Å². The highest BCUT2D eigenvalue weighted by molar-refractivity contribution is 4.97. The van der Waals surface area contributed by atoms with Crippen molar-refractivity contribution in [1.29, 1.82) is 0 Å². The monoisotopic (exact) mass is 138 g/mol. The van der Waals surface area contributed by atoms with E-state index < -0.39 is 0 Å². The van der Waals surface area contributed by atoms with Gasteiger partial charge in [-0.15, -0.1) is 0 Å². The third-order valence-electron chi connectivity index (χ3n) is 1.15. The van der Waals surface area contributed by atoms with E-state index in [1.165, 1.54) is 0 Å². The van der Waals surface area contributed by atoms with Gasteiger partial charge in [-0.3, -0.25) is 0 Å². The van der Waals surface area contributed by atoms with E-state index in [2.05, 4.69) is 36.7 Å². The van der Waals surface area contributed by atoms with Crippen molar-refractivity contribution in [3.63, 3.8) is 0 Å². The van der Waals surface area contributed by atoms with Crippen molar-refractivity contribution in [2.75, 3.05) is 0 Å². The lowest BCUT2D eigenvalue weighted by Crippen LogP contribution is -2.08. The van der Waals surface area contributed by atoms with Gasteiger partial charge in [0.2, 0.25) is 6.26 Å². The summed E-state index contributed by atoms with van der Waals surface area (Å²) < 4.78 is 4.59. The van der Waals surface area contributed by atoms with Crippen molar-refractivity contribution in [3.05, 3.63) is 18.0 Å². The van der Waals surface area contributed by atoms with Gasteiger partial charge >= 0.3 is 0 Å². The summed E-state index contributed by atoms with van der Waals surface area (Å²) in [6, 6.07) is 1.78. The van der Waals surface area contributed by atoms with E-state index in [9.17, 15) is 0 Å². The maximum Gasteiger partial charge on any atom is 0.205 e. The van der Waals surface area contributed by atoms with E-state index in [0.29, 0.717) is 0 Å². The van der Waals surface area contributed by atoms with Crippen LogP contribution in [0.5, 0.6) is 0 Å². The Balaban J connectivity index is 2.57. The Kier molecular flexibility index (Phi) is 1.79. The standard InChI is InChI=1S/C8H12NO/c1-8(2,3)6-7-4-5-10-9-7/h4H,6H2,1-3H3. The van der Waals surface area contributed by atoms with Crippen LogP contribution in [-0.4, -0.2) is 5.16 Å². The van der Waals surface area contributed by atoms with E-state index >= 15 is 0 Å². The van der Waals surface area contributed by atoms with Gasteiger partial charge in [-0.25, -0.2) is 0 Å². The topological polar surface area (TPSA) is 26.0 Å². The number of nitrogens with zero attached hydrogens (tertiary/aromatic N) is 1. The number of aromatic nitrogens is 1. The molecule has 1 radical (unpaired) electrons. The Bertz CT molecular complexity index is 184.